The van der Waals surface area contributed by atoms with E-state index in [2.05, 4.69) is 4.90 Å². The first-order valence-electron chi connectivity index (χ1n) is 7.10. The highest BCUT2D eigenvalue weighted by atomic mass is 16.5. The maximum Gasteiger partial charge on any atom is 0.134 e. The van der Waals surface area contributed by atoms with Crippen molar-refractivity contribution in [2.24, 2.45) is 0 Å². The molecule has 4 heteroatoms. The summed E-state index contributed by atoms with van der Waals surface area (Å²) in [6.07, 6.45) is 2.52. The molecule has 1 unspecified atom stereocenters. The number of anilines is 1. The number of rotatable bonds is 4. The van der Waals surface area contributed by atoms with E-state index in [1.807, 2.05) is 37.4 Å². The highest BCUT2D eigenvalue weighted by Gasteiger charge is 2.19. The summed E-state index contributed by atoms with van der Waals surface area (Å²) >= 11 is 0. The number of aliphatic hydroxyl groups is 1. The number of benzene rings is 1. The molecule has 1 saturated heterocycles. The van der Waals surface area contributed by atoms with Crippen molar-refractivity contribution >= 4 is 16.7 Å². The molecule has 106 valence electrons. The average Bonchev–Trinajstić information content (AvgIpc) is 2.98. The summed E-state index contributed by atoms with van der Waals surface area (Å²) in [7, 11) is 2.01. The summed E-state index contributed by atoms with van der Waals surface area (Å²) in [6, 6.07) is 10.0. The molecule has 1 aromatic heterocycles. The van der Waals surface area contributed by atoms with E-state index in [4.69, 9.17) is 9.72 Å². The zero-order chi connectivity index (χ0) is 13.9. The highest BCUT2D eigenvalue weighted by Crippen LogP contribution is 2.24. The topological polar surface area (TPSA) is 45.6 Å². The number of aliphatic hydroxyl groups excluding tert-OH is 1. The molecule has 1 fully saturated rings. The minimum atomic E-state index is 0.00301. The summed E-state index contributed by atoms with van der Waals surface area (Å²) in [6.45, 7) is 1.68. The van der Waals surface area contributed by atoms with Crippen molar-refractivity contribution in [1.82, 2.24) is 4.98 Å². The van der Waals surface area contributed by atoms with Gasteiger partial charge in [0.05, 0.1) is 18.2 Å². The lowest BCUT2D eigenvalue weighted by atomic mass is 10.1. The number of fused-ring (bicyclic) bond motifs is 1. The van der Waals surface area contributed by atoms with Crippen LogP contribution in [0.3, 0.4) is 0 Å². The second-order valence-electron chi connectivity index (χ2n) is 5.34. The molecule has 0 bridgehead atoms. The van der Waals surface area contributed by atoms with Gasteiger partial charge in [-0.15, -0.1) is 0 Å². The Labute approximate surface area is 119 Å². The van der Waals surface area contributed by atoms with Crippen molar-refractivity contribution in [3.8, 4) is 0 Å². The SMILES string of the molecule is CN(CC1CCCO1)c1nc2ccccc2cc1CO. The van der Waals surface area contributed by atoms with Gasteiger partial charge in [-0.3, -0.25) is 0 Å². The summed E-state index contributed by atoms with van der Waals surface area (Å²) in [4.78, 5) is 6.79. The van der Waals surface area contributed by atoms with Gasteiger partial charge in [0.1, 0.15) is 5.82 Å². The number of ether oxygens (including phenoxy) is 1. The fraction of sp³-hybridized carbons (Fsp3) is 0.438. The van der Waals surface area contributed by atoms with E-state index in [1.54, 1.807) is 0 Å². The van der Waals surface area contributed by atoms with Gasteiger partial charge in [0.2, 0.25) is 0 Å². The van der Waals surface area contributed by atoms with Gasteiger partial charge in [-0.25, -0.2) is 4.98 Å². The van der Waals surface area contributed by atoms with Crippen LogP contribution in [0.1, 0.15) is 18.4 Å². The monoisotopic (exact) mass is 272 g/mol. The van der Waals surface area contributed by atoms with E-state index in [1.165, 1.54) is 0 Å². The maximum atomic E-state index is 9.59. The summed E-state index contributed by atoms with van der Waals surface area (Å²) < 4.78 is 5.67. The maximum absolute atomic E-state index is 9.59. The summed E-state index contributed by atoms with van der Waals surface area (Å²) in [5, 5.41) is 10.7. The Morgan fingerprint density at radius 1 is 1.40 bits per heavy atom. The molecule has 1 aliphatic rings. The quantitative estimate of drug-likeness (QED) is 0.928. The third-order valence-electron chi connectivity index (χ3n) is 3.81. The first-order chi connectivity index (χ1) is 9.78. The van der Waals surface area contributed by atoms with Crippen LogP contribution in [-0.2, 0) is 11.3 Å². The molecule has 0 radical (unpaired) electrons. The standard InChI is InChI=1S/C16H20N2O2/c1-18(10-14-6-4-8-20-14)16-13(11-19)9-12-5-2-3-7-15(12)17-16/h2-3,5,7,9,14,19H,4,6,8,10-11H2,1H3. The smallest absolute Gasteiger partial charge is 0.134 e. The van der Waals surface area contributed by atoms with Crippen molar-refractivity contribution < 1.29 is 9.84 Å². The molecular formula is C16H20N2O2. The van der Waals surface area contributed by atoms with E-state index in [-0.39, 0.29) is 12.7 Å². The van der Waals surface area contributed by atoms with Crippen LogP contribution < -0.4 is 4.90 Å². The van der Waals surface area contributed by atoms with E-state index in [0.717, 1.165) is 48.3 Å². The molecule has 1 aliphatic heterocycles. The molecule has 1 atom stereocenters. The Morgan fingerprint density at radius 3 is 3.00 bits per heavy atom. The fourth-order valence-electron chi connectivity index (χ4n) is 2.78. The normalized spacial score (nSPS) is 18.6. The van der Waals surface area contributed by atoms with Crippen molar-refractivity contribution in [2.45, 2.75) is 25.6 Å². The largest absolute Gasteiger partial charge is 0.392 e. The molecule has 1 N–H and O–H groups in total. The third kappa shape index (κ3) is 2.62. The molecule has 0 aliphatic carbocycles. The Balaban J connectivity index is 1.91. The van der Waals surface area contributed by atoms with Gasteiger partial charge in [0, 0.05) is 31.1 Å². The van der Waals surface area contributed by atoms with Gasteiger partial charge in [-0.1, -0.05) is 18.2 Å². The first-order valence-corrected chi connectivity index (χ1v) is 7.10. The number of nitrogens with zero attached hydrogens (tertiary/aromatic N) is 2. The Morgan fingerprint density at radius 2 is 2.25 bits per heavy atom. The van der Waals surface area contributed by atoms with Gasteiger partial charge in [-0.05, 0) is 25.0 Å². The lowest BCUT2D eigenvalue weighted by Gasteiger charge is -2.24. The second-order valence-corrected chi connectivity index (χ2v) is 5.34. The lowest BCUT2D eigenvalue weighted by molar-refractivity contribution is 0.116. The zero-order valence-corrected chi connectivity index (χ0v) is 11.7. The van der Waals surface area contributed by atoms with Crippen LogP contribution in [0.2, 0.25) is 0 Å². The number of hydrogen-bond donors (Lipinski definition) is 1. The van der Waals surface area contributed by atoms with E-state index >= 15 is 0 Å². The molecule has 2 aromatic rings. The average molecular weight is 272 g/mol. The molecule has 0 amide bonds. The number of para-hydroxylation sites is 1. The van der Waals surface area contributed by atoms with Crippen LogP contribution in [-0.4, -0.2) is 36.4 Å². The van der Waals surface area contributed by atoms with Crippen molar-refractivity contribution in [3.63, 3.8) is 0 Å². The predicted molar refractivity (Wildman–Crippen MR) is 79.9 cm³/mol. The van der Waals surface area contributed by atoms with Crippen LogP contribution in [0.15, 0.2) is 30.3 Å². The molecule has 3 rings (SSSR count). The minimum Gasteiger partial charge on any atom is -0.392 e. The van der Waals surface area contributed by atoms with Gasteiger partial charge in [-0.2, -0.15) is 0 Å². The van der Waals surface area contributed by atoms with Gasteiger partial charge < -0.3 is 14.7 Å². The predicted octanol–water partition coefficient (Wildman–Crippen LogP) is 2.34. The van der Waals surface area contributed by atoms with Crippen molar-refractivity contribution in [1.29, 1.82) is 0 Å². The Kier molecular flexibility index (Phi) is 3.85. The Hall–Kier alpha value is -1.65. The molecule has 2 heterocycles. The summed E-state index contributed by atoms with van der Waals surface area (Å²) in [5.74, 6) is 0.849. The third-order valence-corrected chi connectivity index (χ3v) is 3.81. The molecule has 0 saturated carbocycles. The van der Waals surface area contributed by atoms with Gasteiger partial charge >= 0.3 is 0 Å². The van der Waals surface area contributed by atoms with Crippen LogP contribution in [0.4, 0.5) is 5.82 Å². The fourth-order valence-corrected chi connectivity index (χ4v) is 2.78. The minimum absolute atomic E-state index is 0.00301. The number of hydrogen-bond acceptors (Lipinski definition) is 4. The van der Waals surface area contributed by atoms with Crippen LogP contribution in [0, 0.1) is 0 Å². The number of pyridine rings is 1. The van der Waals surface area contributed by atoms with E-state index in [9.17, 15) is 5.11 Å². The molecule has 0 spiro atoms. The first kappa shape index (κ1) is 13.3. The Bertz CT molecular complexity index is 594. The highest BCUT2D eigenvalue weighted by molar-refractivity contribution is 5.81. The molecule has 4 nitrogen and oxygen atoms in total. The number of aromatic nitrogens is 1. The van der Waals surface area contributed by atoms with Gasteiger partial charge in [0.15, 0.2) is 0 Å². The van der Waals surface area contributed by atoms with E-state index < -0.39 is 0 Å². The van der Waals surface area contributed by atoms with Crippen LogP contribution >= 0.6 is 0 Å². The van der Waals surface area contributed by atoms with E-state index in [0.29, 0.717) is 0 Å². The van der Waals surface area contributed by atoms with Crippen molar-refractivity contribution in [2.75, 3.05) is 25.1 Å². The van der Waals surface area contributed by atoms with Gasteiger partial charge in [0.25, 0.3) is 0 Å². The molecule has 1 aromatic carbocycles. The number of likely N-dealkylation sites (N-methyl/N-ethyl adjacent to an activating group) is 1. The zero-order valence-electron chi connectivity index (χ0n) is 11.7. The summed E-state index contributed by atoms with van der Waals surface area (Å²) in [5.41, 5.74) is 1.82. The van der Waals surface area contributed by atoms with Crippen LogP contribution in [0.5, 0.6) is 0 Å². The van der Waals surface area contributed by atoms with Crippen molar-refractivity contribution in [3.05, 3.63) is 35.9 Å². The van der Waals surface area contributed by atoms with Crippen LogP contribution in [0.25, 0.3) is 10.9 Å². The molecule has 20 heavy (non-hydrogen) atoms. The lowest BCUT2D eigenvalue weighted by Crippen LogP contribution is -2.30. The molecular weight excluding hydrogens is 252 g/mol. The second kappa shape index (κ2) is 5.77.